The van der Waals surface area contributed by atoms with Crippen molar-refractivity contribution in [1.29, 1.82) is 0 Å². The molecule has 2 aromatic carbocycles. The zero-order valence-electron chi connectivity index (χ0n) is 12.4. The van der Waals surface area contributed by atoms with Crippen molar-refractivity contribution in [3.8, 4) is 5.75 Å². The zero-order chi connectivity index (χ0) is 15.8. The van der Waals surface area contributed by atoms with Gasteiger partial charge in [-0.1, -0.05) is 48.9 Å². The van der Waals surface area contributed by atoms with Gasteiger partial charge in [-0.25, -0.2) is 4.79 Å². The molecule has 0 fully saturated rings. The number of para-hydroxylation sites is 2. The Morgan fingerprint density at radius 1 is 1.14 bits per heavy atom. The van der Waals surface area contributed by atoms with Crippen LogP contribution in [0.15, 0.2) is 48.5 Å². The number of carbonyl (C=O) groups excluding carboxylic acids is 1. The summed E-state index contributed by atoms with van der Waals surface area (Å²) in [5.41, 5.74) is 1.93. The number of hydrogen-bond donors (Lipinski definition) is 2. The van der Waals surface area contributed by atoms with Crippen LogP contribution in [0.5, 0.6) is 5.75 Å². The topological polar surface area (TPSA) is 50.4 Å². The van der Waals surface area contributed by atoms with Crippen LogP contribution in [0, 0.1) is 0 Å². The molecule has 0 atom stereocenters. The third kappa shape index (κ3) is 4.67. The summed E-state index contributed by atoms with van der Waals surface area (Å²) < 4.78 is 5.51. The fourth-order valence-electron chi connectivity index (χ4n) is 2.00. The number of urea groups is 1. The molecule has 0 aliphatic rings. The van der Waals surface area contributed by atoms with Crippen LogP contribution in [0.4, 0.5) is 10.5 Å². The minimum atomic E-state index is -0.247. The zero-order valence-corrected chi connectivity index (χ0v) is 13.2. The number of amides is 2. The Balaban J connectivity index is 1.75. The van der Waals surface area contributed by atoms with Gasteiger partial charge in [0.2, 0.25) is 0 Å². The second-order valence-electron chi connectivity index (χ2n) is 4.67. The van der Waals surface area contributed by atoms with E-state index in [0.717, 1.165) is 17.7 Å². The van der Waals surface area contributed by atoms with Crippen molar-refractivity contribution in [2.45, 2.75) is 13.3 Å². The van der Waals surface area contributed by atoms with E-state index in [2.05, 4.69) is 17.6 Å². The van der Waals surface area contributed by atoms with Gasteiger partial charge in [0, 0.05) is 5.69 Å². The first-order valence-corrected chi connectivity index (χ1v) is 7.58. The Morgan fingerprint density at radius 3 is 2.64 bits per heavy atom. The quantitative estimate of drug-likeness (QED) is 0.788. The smallest absolute Gasteiger partial charge is 0.319 e. The Morgan fingerprint density at radius 2 is 1.86 bits per heavy atom. The molecule has 0 bridgehead atoms. The van der Waals surface area contributed by atoms with E-state index in [-0.39, 0.29) is 6.03 Å². The van der Waals surface area contributed by atoms with Gasteiger partial charge in [-0.15, -0.1) is 0 Å². The predicted octanol–water partition coefficient (Wildman–Crippen LogP) is 4.10. The van der Waals surface area contributed by atoms with Crippen molar-refractivity contribution >= 4 is 23.3 Å². The summed E-state index contributed by atoms with van der Waals surface area (Å²) in [7, 11) is 0. The summed E-state index contributed by atoms with van der Waals surface area (Å²) in [5, 5.41) is 6.15. The maximum atomic E-state index is 11.9. The highest BCUT2D eigenvalue weighted by Crippen LogP contribution is 2.22. The number of ether oxygens (including phenoxy) is 1. The van der Waals surface area contributed by atoms with E-state index in [1.807, 2.05) is 36.4 Å². The van der Waals surface area contributed by atoms with E-state index in [4.69, 9.17) is 16.3 Å². The number of anilines is 1. The minimum Gasteiger partial charge on any atom is -0.490 e. The summed E-state index contributed by atoms with van der Waals surface area (Å²) in [5.74, 6) is 0.614. The Kier molecular flexibility index (Phi) is 6.10. The van der Waals surface area contributed by atoms with Crippen molar-refractivity contribution < 1.29 is 9.53 Å². The van der Waals surface area contributed by atoms with Crippen LogP contribution >= 0.6 is 11.6 Å². The van der Waals surface area contributed by atoms with Crippen LogP contribution in [0.25, 0.3) is 0 Å². The minimum absolute atomic E-state index is 0.247. The molecule has 116 valence electrons. The van der Waals surface area contributed by atoms with Crippen molar-refractivity contribution in [2.75, 3.05) is 18.5 Å². The lowest BCUT2D eigenvalue weighted by Gasteiger charge is -2.11. The number of halogens is 1. The van der Waals surface area contributed by atoms with E-state index in [9.17, 15) is 4.79 Å². The van der Waals surface area contributed by atoms with Gasteiger partial charge in [-0.05, 0) is 30.2 Å². The molecule has 2 amide bonds. The largest absolute Gasteiger partial charge is 0.490 e. The molecule has 0 aliphatic carbocycles. The number of carbonyl (C=O) groups is 1. The summed E-state index contributed by atoms with van der Waals surface area (Å²) in [4.78, 5) is 11.9. The fraction of sp³-hybridized carbons (Fsp3) is 0.235. The van der Waals surface area contributed by atoms with E-state index in [0.29, 0.717) is 23.9 Å². The first kappa shape index (κ1) is 16.2. The van der Waals surface area contributed by atoms with Crippen molar-refractivity contribution in [3.05, 3.63) is 59.1 Å². The molecule has 5 heteroatoms. The molecule has 22 heavy (non-hydrogen) atoms. The molecule has 4 nitrogen and oxygen atoms in total. The fourth-order valence-corrected chi connectivity index (χ4v) is 2.19. The molecule has 0 radical (unpaired) electrons. The van der Waals surface area contributed by atoms with Crippen LogP contribution in [-0.2, 0) is 6.42 Å². The maximum absolute atomic E-state index is 11.9. The van der Waals surface area contributed by atoms with Crippen LogP contribution in [0.2, 0.25) is 5.02 Å². The molecule has 0 heterocycles. The van der Waals surface area contributed by atoms with Crippen LogP contribution in [0.3, 0.4) is 0 Å². The van der Waals surface area contributed by atoms with Crippen LogP contribution in [0.1, 0.15) is 12.5 Å². The van der Waals surface area contributed by atoms with Crippen molar-refractivity contribution in [2.24, 2.45) is 0 Å². The third-order valence-corrected chi connectivity index (χ3v) is 3.44. The molecule has 0 saturated heterocycles. The summed E-state index contributed by atoms with van der Waals surface area (Å²) in [6, 6.07) is 14.7. The summed E-state index contributed by atoms with van der Waals surface area (Å²) in [6.45, 7) is 2.80. The first-order valence-electron chi connectivity index (χ1n) is 7.20. The van der Waals surface area contributed by atoms with E-state index >= 15 is 0 Å². The third-order valence-electron chi connectivity index (χ3n) is 3.13. The Hall–Kier alpha value is -2.20. The average molecular weight is 319 g/mol. The highest BCUT2D eigenvalue weighted by Gasteiger charge is 2.05. The molecule has 0 spiro atoms. The molecule has 0 saturated carbocycles. The number of aryl methyl sites for hydroxylation is 1. The molecule has 0 aliphatic heterocycles. The van der Waals surface area contributed by atoms with E-state index in [1.165, 1.54) is 0 Å². The van der Waals surface area contributed by atoms with Gasteiger partial charge in [0.05, 0.1) is 11.6 Å². The molecular formula is C17H19ClN2O2. The first-order chi connectivity index (χ1) is 10.7. The van der Waals surface area contributed by atoms with Crippen molar-refractivity contribution in [1.82, 2.24) is 5.32 Å². The van der Waals surface area contributed by atoms with Crippen LogP contribution < -0.4 is 15.4 Å². The van der Waals surface area contributed by atoms with Gasteiger partial charge in [0.25, 0.3) is 0 Å². The molecule has 2 rings (SSSR count). The van der Waals surface area contributed by atoms with Gasteiger partial charge in [0.1, 0.15) is 12.4 Å². The highest BCUT2D eigenvalue weighted by atomic mass is 35.5. The second-order valence-corrected chi connectivity index (χ2v) is 5.08. The van der Waals surface area contributed by atoms with Gasteiger partial charge < -0.3 is 15.4 Å². The highest BCUT2D eigenvalue weighted by molar-refractivity contribution is 6.32. The predicted molar refractivity (Wildman–Crippen MR) is 89.8 cm³/mol. The molecule has 0 unspecified atom stereocenters. The van der Waals surface area contributed by atoms with Gasteiger partial charge >= 0.3 is 6.03 Å². The van der Waals surface area contributed by atoms with Gasteiger partial charge in [-0.3, -0.25) is 0 Å². The Labute approximate surface area is 135 Å². The SMILES string of the molecule is CCc1ccccc1NC(=O)NCCOc1ccccc1Cl. The lowest BCUT2D eigenvalue weighted by atomic mass is 10.1. The second kappa shape index (κ2) is 8.29. The number of nitrogens with one attached hydrogen (secondary N) is 2. The number of benzene rings is 2. The monoisotopic (exact) mass is 318 g/mol. The van der Waals surface area contributed by atoms with Gasteiger partial charge in [-0.2, -0.15) is 0 Å². The lowest BCUT2D eigenvalue weighted by Crippen LogP contribution is -2.32. The number of hydrogen-bond acceptors (Lipinski definition) is 2. The lowest BCUT2D eigenvalue weighted by molar-refractivity contribution is 0.247. The molecule has 0 aromatic heterocycles. The molecule has 2 aromatic rings. The average Bonchev–Trinajstić information content (AvgIpc) is 2.53. The molecular weight excluding hydrogens is 300 g/mol. The summed E-state index contributed by atoms with van der Waals surface area (Å²) >= 11 is 5.98. The van der Waals surface area contributed by atoms with E-state index < -0.39 is 0 Å². The maximum Gasteiger partial charge on any atom is 0.319 e. The summed E-state index contributed by atoms with van der Waals surface area (Å²) in [6.07, 6.45) is 0.867. The normalized spacial score (nSPS) is 10.1. The molecule has 2 N–H and O–H groups in total. The van der Waals surface area contributed by atoms with Crippen LogP contribution in [-0.4, -0.2) is 19.2 Å². The van der Waals surface area contributed by atoms with E-state index in [1.54, 1.807) is 12.1 Å². The van der Waals surface area contributed by atoms with Gasteiger partial charge in [0.15, 0.2) is 0 Å². The standard InChI is InChI=1S/C17H19ClN2O2/c1-2-13-7-3-5-9-15(13)20-17(21)19-11-12-22-16-10-6-4-8-14(16)18/h3-10H,2,11-12H2,1H3,(H2,19,20,21). The number of rotatable bonds is 6. The van der Waals surface area contributed by atoms with Crippen molar-refractivity contribution in [3.63, 3.8) is 0 Å². The Bertz CT molecular complexity index is 632.